The van der Waals surface area contributed by atoms with Gasteiger partial charge in [0.1, 0.15) is 11.6 Å². The molecule has 3 heterocycles. The van der Waals surface area contributed by atoms with Crippen LogP contribution in [0.2, 0.25) is 0 Å². The Morgan fingerprint density at radius 1 is 1.19 bits per heavy atom. The number of nitrogens with one attached hydrogen (secondary N) is 1. The number of furan rings is 1. The van der Waals surface area contributed by atoms with Gasteiger partial charge in [0.25, 0.3) is 11.5 Å². The molecule has 3 aromatic rings. The third-order valence-corrected chi connectivity index (χ3v) is 4.07. The fourth-order valence-corrected chi connectivity index (χ4v) is 2.78. The zero-order valence-electron chi connectivity index (χ0n) is 13.6. The lowest BCUT2D eigenvalue weighted by Gasteiger charge is -2.16. The normalized spacial score (nSPS) is 12.9. The van der Waals surface area contributed by atoms with E-state index in [-0.39, 0.29) is 18.1 Å². The maximum Gasteiger partial charge on any atom is 0.286 e. The van der Waals surface area contributed by atoms with Crippen LogP contribution in [-0.4, -0.2) is 27.2 Å². The van der Waals surface area contributed by atoms with Crippen molar-refractivity contribution in [3.05, 3.63) is 70.3 Å². The lowest BCUT2D eigenvalue weighted by Crippen LogP contribution is -2.34. The number of amides is 1. The summed E-state index contributed by atoms with van der Waals surface area (Å²) >= 11 is 0. The molecule has 1 N–H and O–H groups in total. The first kappa shape index (κ1) is 16.0. The minimum absolute atomic E-state index is 0.149. The predicted molar refractivity (Wildman–Crippen MR) is 89.6 cm³/mol. The highest BCUT2D eigenvalue weighted by molar-refractivity contribution is 5.91. The van der Waals surface area contributed by atoms with Crippen molar-refractivity contribution >= 4 is 17.5 Å². The molecule has 0 saturated heterocycles. The fraction of sp³-hybridized carbons (Fsp3) is 0.176. The molecule has 1 amide bonds. The van der Waals surface area contributed by atoms with Crippen LogP contribution in [0.25, 0.3) is 0 Å². The van der Waals surface area contributed by atoms with E-state index >= 15 is 0 Å². The summed E-state index contributed by atoms with van der Waals surface area (Å²) in [6.45, 7) is 0.989. The van der Waals surface area contributed by atoms with Gasteiger partial charge < -0.3 is 14.6 Å². The number of rotatable bonds is 4. The van der Waals surface area contributed by atoms with Crippen molar-refractivity contribution in [3.8, 4) is 0 Å². The van der Waals surface area contributed by atoms with Gasteiger partial charge in [0.05, 0.1) is 12.8 Å². The van der Waals surface area contributed by atoms with Gasteiger partial charge in [0, 0.05) is 18.8 Å². The molecule has 2 aromatic heterocycles. The van der Waals surface area contributed by atoms with Gasteiger partial charge in [-0.1, -0.05) is 0 Å². The summed E-state index contributed by atoms with van der Waals surface area (Å²) in [5.74, 6) is -0.0753. The van der Waals surface area contributed by atoms with Crippen LogP contribution in [0.3, 0.4) is 0 Å². The average molecular weight is 355 g/mol. The van der Waals surface area contributed by atoms with Crippen molar-refractivity contribution in [2.45, 2.75) is 13.1 Å². The van der Waals surface area contributed by atoms with Gasteiger partial charge in [0.15, 0.2) is 0 Å². The summed E-state index contributed by atoms with van der Waals surface area (Å²) in [5, 5.41) is 10.4. The van der Waals surface area contributed by atoms with Crippen LogP contribution in [0.1, 0.15) is 16.2 Å². The minimum atomic E-state index is -0.616. The number of benzene rings is 1. The van der Waals surface area contributed by atoms with Crippen LogP contribution in [0.15, 0.2) is 51.9 Å². The largest absolute Gasteiger partial charge is 0.467 e. The number of nitrogens with zero attached hydrogens (tertiary/aromatic N) is 4. The molecule has 0 saturated carbocycles. The van der Waals surface area contributed by atoms with Crippen LogP contribution in [-0.2, 0) is 13.1 Å². The predicted octanol–water partition coefficient (Wildman–Crippen LogP) is 1.45. The molecule has 0 unspecified atom stereocenters. The minimum Gasteiger partial charge on any atom is -0.467 e. The second kappa shape index (κ2) is 6.43. The van der Waals surface area contributed by atoms with Crippen molar-refractivity contribution in [2.24, 2.45) is 0 Å². The van der Waals surface area contributed by atoms with E-state index in [1.165, 1.54) is 23.0 Å². The lowest BCUT2D eigenvalue weighted by molar-refractivity contribution is 0.0939. The molecular weight excluding hydrogens is 341 g/mol. The molecule has 26 heavy (non-hydrogen) atoms. The molecule has 4 rings (SSSR count). The molecule has 1 aromatic carbocycles. The summed E-state index contributed by atoms with van der Waals surface area (Å²) in [6, 6.07) is 9.28. The second-order valence-electron chi connectivity index (χ2n) is 5.70. The Hall–Kier alpha value is -3.49. The lowest BCUT2D eigenvalue weighted by atomic mass is 10.3. The van der Waals surface area contributed by atoms with Gasteiger partial charge in [-0.25, -0.2) is 4.39 Å². The highest BCUT2D eigenvalue weighted by atomic mass is 19.1. The van der Waals surface area contributed by atoms with Crippen molar-refractivity contribution in [1.82, 2.24) is 20.1 Å². The SMILES string of the molecule is O=C(NCc1ccco1)c1nnc2n(c1=O)CCN2c1ccc(F)cc1. The number of carbonyl (C=O) groups is 1. The Morgan fingerprint density at radius 2 is 2.00 bits per heavy atom. The van der Waals surface area contributed by atoms with Crippen molar-refractivity contribution < 1.29 is 13.6 Å². The maximum absolute atomic E-state index is 13.1. The smallest absolute Gasteiger partial charge is 0.286 e. The Morgan fingerprint density at radius 3 is 2.73 bits per heavy atom. The quantitative estimate of drug-likeness (QED) is 0.761. The van der Waals surface area contributed by atoms with Crippen LogP contribution in [0, 0.1) is 5.82 Å². The Balaban J connectivity index is 1.58. The van der Waals surface area contributed by atoms with Gasteiger partial charge in [-0.2, -0.15) is 0 Å². The number of aromatic nitrogens is 3. The summed E-state index contributed by atoms with van der Waals surface area (Å²) in [5.41, 5.74) is -0.0980. The topological polar surface area (TPSA) is 93.3 Å². The molecule has 1 aliphatic rings. The highest BCUT2D eigenvalue weighted by Gasteiger charge is 2.27. The van der Waals surface area contributed by atoms with E-state index in [1.54, 1.807) is 29.2 Å². The first-order valence-electron chi connectivity index (χ1n) is 7.94. The van der Waals surface area contributed by atoms with Crippen molar-refractivity contribution in [1.29, 1.82) is 0 Å². The molecule has 8 nitrogen and oxygen atoms in total. The molecule has 1 aliphatic heterocycles. The van der Waals surface area contributed by atoms with Gasteiger partial charge in [-0.15, -0.1) is 10.2 Å². The molecule has 0 bridgehead atoms. The summed E-state index contributed by atoms with van der Waals surface area (Å²) in [6.07, 6.45) is 1.50. The molecule has 0 spiro atoms. The van der Waals surface area contributed by atoms with Gasteiger partial charge in [-0.3, -0.25) is 14.2 Å². The standard InChI is InChI=1S/C17H14FN5O3/c18-11-3-5-12(6-4-11)22-7-8-23-16(25)14(20-21-17(22)23)15(24)19-10-13-2-1-9-26-13/h1-6,9H,7-8,10H2,(H,19,24). The number of halogens is 1. The van der Waals surface area contributed by atoms with E-state index < -0.39 is 11.5 Å². The van der Waals surface area contributed by atoms with Gasteiger partial charge in [-0.05, 0) is 36.4 Å². The van der Waals surface area contributed by atoms with Crippen LogP contribution >= 0.6 is 0 Å². The summed E-state index contributed by atoms with van der Waals surface area (Å²) < 4.78 is 19.6. The number of fused-ring (bicyclic) bond motifs is 1. The van der Waals surface area contributed by atoms with Crippen LogP contribution < -0.4 is 15.8 Å². The second-order valence-corrected chi connectivity index (χ2v) is 5.70. The van der Waals surface area contributed by atoms with Gasteiger partial charge in [0.2, 0.25) is 11.6 Å². The number of anilines is 2. The summed E-state index contributed by atoms with van der Waals surface area (Å²) in [4.78, 5) is 26.6. The molecule has 0 atom stereocenters. The number of hydrogen-bond donors (Lipinski definition) is 1. The van der Waals surface area contributed by atoms with E-state index in [1.807, 2.05) is 0 Å². The zero-order chi connectivity index (χ0) is 18.1. The van der Waals surface area contributed by atoms with E-state index in [9.17, 15) is 14.0 Å². The maximum atomic E-state index is 13.1. The monoisotopic (exact) mass is 355 g/mol. The van der Waals surface area contributed by atoms with Crippen molar-refractivity contribution in [2.75, 3.05) is 11.4 Å². The third kappa shape index (κ3) is 2.83. The van der Waals surface area contributed by atoms with Crippen molar-refractivity contribution in [3.63, 3.8) is 0 Å². The Bertz CT molecular complexity index is 998. The average Bonchev–Trinajstić information content (AvgIpc) is 3.31. The van der Waals surface area contributed by atoms with Crippen LogP contribution in [0.5, 0.6) is 0 Å². The molecule has 9 heteroatoms. The molecule has 0 aliphatic carbocycles. The van der Waals surface area contributed by atoms with Crippen LogP contribution in [0.4, 0.5) is 16.0 Å². The fourth-order valence-electron chi connectivity index (χ4n) is 2.78. The zero-order valence-corrected chi connectivity index (χ0v) is 13.6. The van der Waals surface area contributed by atoms with Gasteiger partial charge >= 0.3 is 0 Å². The molecule has 132 valence electrons. The van der Waals surface area contributed by atoms with E-state index in [0.29, 0.717) is 30.5 Å². The molecular formula is C17H14FN5O3. The first-order valence-corrected chi connectivity index (χ1v) is 7.94. The molecule has 0 radical (unpaired) electrons. The number of hydrogen-bond acceptors (Lipinski definition) is 6. The molecule has 0 fully saturated rings. The first-order chi connectivity index (χ1) is 12.6. The number of carbonyl (C=O) groups excluding carboxylic acids is 1. The third-order valence-electron chi connectivity index (χ3n) is 4.07. The summed E-state index contributed by atoms with van der Waals surface area (Å²) in [7, 11) is 0. The Labute approximate surface area is 146 Å². The van der Waals surface area contributed by atoms with E-state index in [4.69, 9.17) is 4.42 Å². The van der Waals surface area contributed by atoms with E-state index in [2.05, 4.69) is 15.5 Å². The van der Waals surface area contributed by atoms with E-state index in [0.717, 1.165) is 0 Å². The Kier molecular flexibility index (Phi) is 3.96. The highest BCUT2D eigenvalue weighted by Crippen LogP contribution is 2.26.